The highest BCUT2D eigenvalue weighted by Gasteiger charge is 2.58. The zero-order valence-electron chi connectivity index (χ0n) is 39.9. The van der Waals surface area contributed by atoms with Crippen LogP contribution < -0.4 is 0 Å². The average molecular weight is 1120 g/mol. The molecule has 0 unspecified atom stereocenters. The van der Waals surface area contributed by atoms with E-state index in [0.29, 0.717) is 6.29 Å². The van der Waals surface area contributed by atoms with Gasteiger partial charge in [-0.3, -0.25) is 4.79 Å². The molecule has 0 aliphatic carbocycles. The molecule has 0 aromatic rings. The topological polar surface area (TPSA) is 553 Å². The van der Waals surface area contributed by atoms with E-state index in [1.165, 1.54) is 0 Å². The van der Waals surface area contributed by atoms with Gasteiger partial charge in [-0.05, 0) is 12.2 Å². The summed E-state index contributed by atoms with van der Waals surface area (Å²) in [6, 6.07) is 0. The molecule has 6 heterocycles. The minimum atomic E-state index is -2.21. The predicted molar refractivity (Wildman–Crippen MR) is 230 cm³/mol. The van der Waals surface area contributed by atoms with Gasteiger partial charge in [0.1, 0.15) is 165 Å². The second kappa shape index (κ2) is 28.2. The summed E-state index contributed by atoms with van der Waals surface area (Å²) in [5.41, 5.74) is 0. The van der Waals surface area contributed by atoms with E-state index in [9.17, 15) is 112 Å². The van der Waals surface area contributed by atoms with E-state index < -0.39 is 243 Å². The van der Waals surface area contributed by atoms with E-state index in [-0.39, 0.29) is 0 Å². The highest BCUT2D eigenvalue weighted by atomic mass is 16.8. The lowest BCUT2D eigenvalue weighted by Crippen LogP contribution is -2.68. The summed E-state index contributed by atoms with van der Waals surface area (Å²) in [6.45, 7) is -6.77. The number of hydrogen-bond donors (Lipinski definition) is 21. The first kappa shape index (κ1) is 63.3. The number of ether oxygens (including phenoxy) is 12. The Morgan fingerprint density at radius 3 is 0.855 bits per heavy atom. The highest BCUT2D eigenvalue weighted by molar-refractivity contribution is 5.64. The molecule has 21 N–H and O–H groups in total. The first-order chi connectivity index (χ1) is 36.1. The molecule has 0 spiro atoms. The van der Waals surface area contributed by atoms with Crippen molar-refractivity contribution in [3.8, 4) is 0 Å². The summed E-state index contributed by atoms with van der Waals surface area (Å²) >= 11 is 0. The van der Waals surface area contributed by atoms with E-state index in [1.54, 1.807) is 0 Å². The molecule has 34 heteroatoms. The maximum absolute atomic E-state index is 11.3. The monoisotopic (exact) mass is 1120 g/mol. The molecule has 6 fully saturated rings. The van der Waals surface area contributed by atoms with E-state index in [1.807, 2.05) is 0 Å². The van der Waals surface area contributed by atoms with Crippen LogP contribution in [0.1, 0.15) is 0 Å². The van der Waals surface area contributed by atoms with Gasteiger partial charge in [-0.1, -0.05) is 0 Å². The summed E-state index contributed by atoms with van der Waals surface area (Å²) in [6.07, 6.45) is -58.6. The number of allylic oxidation sites excluding steroid dienone is 1. The third kappa shape index (κ3) is 13.5. The molecule has 0 saturated carbocycles. The van der Waals surface area contributed by atoms with Crippen LogP contribution in [-0.2, 0) is 61.6 Å². The number of carbonyl (C=O) groups excluding carboxylic acids is 1. The summed E-state index contributed by atoms with van der Waals surface area (Å²) in [4.78, 5) is 10.8. The van der Waals surface area contributed by atoms with Gasteiger partial charge in [0.2, 0.25) is 0 Å². The predicted octanol–water partition coefficient (Wildman–Crippen LogP) is -14.6. The summed E-state index contributed by atoms with van der Waals surface area (Å²) in [7, 11) is 0. The Hall–Kier alpha value is -1.91. The number of rotatable bonds is 22. The maximum atomic E-state index is 11.3. The quantitative estimate of drug-likeness (QED) is 0.0354. The number of hydrogen-bond acceptors (Lipinski definition) is 34. The van der Waals surface area contributed by atoms with Crippen LogP contribution in [0.4, 0.5) is 0 Å². The molecule has 6 aliphatic rings. The van der Waals surface area contributed by atoms with Crippen molar-refractivity contribution < 1.29 is 169 Å². The third-order valence-electron chi connectivity index (χ3n) is 13.6. The van der Waals surface area contributed by atoms with Crippen LogP contribution in [0.3, 0.4) is 0 Å². The Balaban J connectivity index is 1.06. The number of aliphatic hydroxyl groups is 21. The van der Waals surface area contributed by atoms with Crippen LogP contribution >= 0.6 is 0 Å². The molecular formula is C42H70O34. The molecule has 0 amide bonds. The van der Waals surface area contributed by atoms with Crippen molar-refractivity contribution in [1.82, 2.24) is 0 Å². The van der Waals surface area contributed by atoms with Crippen molar-refractivity contribution in [2.75, 3.05) is 46.2 Å². The molecule has 32 atom stereocenters. The second-order valence-electron chi connectivity index (χ2n) is 18.6. The summed E-state index contributed by atoms with van der Waals surface area (Å²) < 4.78 is 66.8. The lowest BCUT2D eigenvalue weighted by molar-refractivity contribution is -0.396. The fourth-order valence-corrected chi connectivity index (χ4v) is 9.30. The van der Waals surface area contributed by atoms with E-state index in [2.05, 4.69) is 0 Å². The zero-order chi connectivity index (χ0) is 56.0. The Morgan fingerprint density at radius 1 is 0.342 bits per heavy atom. The molecule has 34 nitrogen and oxygen atoms in total. The van der Waals surface area contributed by atoms with Gasteiger partial charge in [0.15, 0.2) is 37.7 Å². The lowest BCUT2D eigenvalue weighted by Gasteiger charge is -2.50. The fourth-order valence-electron chi connectivity index (χ4n) is 9.30. The van der Waals surface area contributed by atoms with Gasteiger partial charge in [-0.2, -0.15) is 0 Å². The van der Waals surface area contributed by atoms with Gasteiger partial charge in [-0.25, -0.2) is 0 Å². The molecule has 6 rings (SSSR count). The molecule has 6 saturated heterocycles. The lowest BCUT2D eigenvalue weighted by atomic mass is 9.95. The minimum Gasteiger partial charge on any atom is -0.394 e. The molecule has 0 radical (unpaired) electrons. The number of carbonyl (C=O) groups is 1. The number of aliphatic hydroxyl groups excluding tert-OH is 21. The molecule has 0 aromatic carbocycles. The van der Waals surface area contributed by atoms with Crippen LogP contribution in [0, 0.1) is 0 Å². The van der Waals surface area contributed by atoms with Crippen molar-refractivity contribution >= 4 is 6.29 Å². The molecule has 0 bridgehead atoms. The SMILES string of the molecule is O=C/C=C/[C@H](O[C@H]1O[C@H](CO)[C@@H](O[C@H]2O[C@H](CO)[C@@H](O[C@H]3O[C@H](CO)[C@@H](O[C@H]4O[C@H](CO)[C@@H](O[C@H]5O[C@H](CO)[C@@H](O[C@H]6O[C@H](CO)[C@@H](O)[C@H](O)[C@H]6O)[C@H](O)[C@H]5O)[C@H](O)[C@H]4O)[C@H](O)[C@H]3O)[C@H](O)[C@H]2O)[C@H](O)[C@H]1O)[C@H](O)CO. The van der Waals surface area contributed by atoms with Crippen LogP contribution in [0.25, 0.3) is 0 Å². The van der Waals surface area contributed by atoms with Crippen molar-refractivity contribution in [2.45, 2.75) is 196 Å². The highest BCUT2D eigenvalue weighted by Crippen LogP contribution is 2.37. The van der Waals surface area contributed by atoms with Gasteiger partial charge in [0.05, 0.1) is 46.2 Å². The first-order valence-electron chi connectivity index (χ1n) is 23.9. The van der Waals surface area contributed by atoms with E-state index in [0.717, 1.165) is 12.2 Å². The Labute approximate surface area is 429 Å². The first-order valence-corrected chi connectivity index (χ1v) is 23.9. The van der Waals surface area contributed by atoms with Crippen molar-refractivity contribution in [1.29, 1.82) is 0 Å². The van der Waals surface area contributed by atoms with Crippen molar-refractivity contribution in [2.24, 2.45) is 0 Å². The van der Waals surface area contributed by atoms with Crippen LogP contribution in [0.2, 0.25) is 0 Å². The van der Waals surface area contributed by atoms with Gasteiger partial charge in [0, 0.05) is 0 Å². The van der Waals surface area contributed by atoms with Crippen LogP contribution in [0.15, 0.2) is 12.2 Å². The fraction of sp³-hybridized carbons (Fsp3) is 0.929. The second-order valence-corrected chi connectivity index (χ2v) is 18.6. The third-order valence-corrected chi connectivity index (χ3v) is 13.6. The molecular weight excluding hydrogens is 1050 g/mol. The van der Waals surface area contributed by atoms with Crippen LogP contribution in [-0.4, -0.2) is 356 Å². The van der Waals surface area contributed by atoms with Crippen LogP contribution in [0.5, 0.6) is 0 Å². The van der Waals surface area contributed by atoms with Gasteiger partial charge in [-0.15, -0.1) is 0 Å². The number of aldehydes is 1. The zero-order valence-corrected chi connectivity index (χ0v) is 39.9. The largest absolute Gasteiger partial charge is 0.394 e. The van der Waals surface area contributed by atoms with Crippen molar-refractivity contribution in [3.63, 3.8) is 0 Å². The van der Waals surface area contributed by atoms with Gasteiger partial charge < -0.3 is 164 Å². The Morgan fingerprint density at radius 2 is 0.592 bits per heavy atom. The van der Waals surface area contributed by atoms with E-state index in [4.69, 9.17) is 56.8 Å². The van der Waals surface area contributed by atoms with Gasteiger partial charge in [0.25, 0.3) is 0 Å². The molecule has 0 aromatic heterocycles. The van der Waals surface area contributed by atoms with E-state index >= 15 is 0 Å². The molecule has 6 aliphatic heterocycles. The normalized spacial score (nSPS) is 49.4. The maximum Gasteiger partial charge on any atom is 0.187 e. The Bertz CT molecular complexity index is 1770. The van der Waals surface area contributed by atoms with Crippen molar-refractivity contribution in [3.05, 3.63) is 12.2 Å². The summed E-state index contributed by atoms with van der Waals surface area (Å²) in [5, 5.41) is 222. The molecule has 76 heavy (non-hydrogen) atoms. The smallest absolute Gasteiger partial charge is 0.187 e. The standard InChI is InChI=1S/C42H70O34/c43-3-1-2-12(11(51)4-44)65-37-27(60)21(54)32(14(6-46)67-37)73-39-29(62)23(56)34(16(8-48)69-39)75-41-31(64)25(58)36(18(10-50)71-41)76-42-30(63)24(57)35(17(9-49)70-42)74-40-28(61)22(55)33(15(7-47)68-40)72-38-26(59)20(53)19(52)13(5-45)66-38/h1-3,11-42,44-64H,4-10H2/b2-1+/t11-,12+,13-,14-,15-,16-,17-,18-,19-,20+,21-,22-,23-,24-,25-,26-,27-,28-,29-,30-,31-,32-,33-,34-,35-,36-,37+,38-,39-,40-,41-,42-/m1/s1. The van der Waals surface area contributed by atoms with Gasteiger partial charge >= 0.3 is 0 Å². The minimum absolute atomic E-state index is 0.321. The summed E-state index contributed by atoms with van der Waals surface area (Å²) in [5.74, 6) is 0. The average Bonchev–Trinajstić information content (AvgIpc) is 3.43. The Kier molecular flexibility index (Phi) is 23.5. The molecule has 442 valence electrons.